The molecule has 2 aromatic carbocycles. The molecule has 3 rings (SSSR count). The van der Waals surface area contributed by atoms with Crippen molar-refractivity contribution < 1.29 is 9.66 Å². The number of anilines is 2. The number of hydrogen-bond acceptors (Lipinski definition) is 5. The zero-order valence-electron chi connectivity index (χ0n) is 11.3. The summed E-state index contributed by atoms with van der Waals surface area (Å²) >= 11 is 0. The third kappa shape index (κ3) is 2.60. The van der Waals surface area contributed by atoms with E-state index in [9.17, 15) is 10.1 Å². The van der Waals surface area contributed by atoms with Gasteiger partial charge in [0.15, 0.2) is 0 Å². The maximum Gasteiger partial charge on any atom is 0.271 e. The van der Waals surface area contributed by atoms with Gasteiger partial charge in [-0.1, -0.05) is 18.2 Å². The van der Waals surface area contributed by atoms with Crippen molar-refractivity contribution in [2.45, 2.75) is 12.5 Å². The minimum absolute atomic E-state index is 0.00886. The minimum atomic E-state index is -0.454. The van der Waals surface area contributed by atoms with Gasteiger partial charge < -0.3 is 15.8 Å². The lowest BCUT2D eigenvalue weighted by Crippen LogP contribution is -2.20. The summed E-state index contributed by atoms with van der Waals surface area (Å²) < 4.78 is 5.61. The van der Waals surface area contributed by atoms with Crippen LogP contribution in [-0.4, -0.2) is 11.5 Å². The van der Waals surface area contributed by atoms with E-state index in [1.165, 1.54) is 12.1 Å². The van der Waals surface area contributed by atoms with Crippen molar-refractivity contribution >= 4 is 17.1 Å². The molecule has 21 heavy (non-hydrogen) atoms. The Morgan fingerprint density at radius 1 is 1.29 bits per heavy atom. The van der Waals surface area contributed by atoms with Gasteiger partial charge in [0.2, 0.25) is 0 Å². The second-order valence-electron chi connectivity index (χ2n) is 4.90. The topological polar surface area (TPSA) is 90.4 Å². The molecule has 0 aromatic heterocycles. The van der Waals surface area contributed by atoms with Crippen LogP contribution in [0.25, 0.3) is 0 Å². The van der Waals surface area contributed by atoms with Gasteiger partial charge in [-0.25, -0.2) is 0 Å². The Hall–Kier alpha value is -2.76. The molecule has 2 aromatic rings. The molecule has 108 valence electrons. The lowest BCUT2D eigenvalue weighted by Gasteiger charge is -2.27. The second kappa shape index (κ2) is 5.32. The van der Waals surface area contributed by atoms with Crippen molar-refractivity contribution in [3.05, 3.63) is 58.1 Å². The molecule has 1 aliphatic heterocycles. The maximum absolute atomic E-state index is 10.7. The number of nitrogens with zero attached hydrogens (tertiary/aromatic N) is 1. The predicted octanol–water partition coefficient (Wildman–Crippen LogP) is 3.11. The van der Waals surface area contributed by atoms with Gasteiger partial charge >= 0.3 is 0 Å². The number of nitro groups is 1. The van der Waals surface area contributed by atoms with Crippen molar-refractivity contribution in [1.29, 1.82) is 0 Å². The smallest absolute Gasteiger partial charge is 0.271 e. The molecule has 3 N–H and O–H groups in total. The first-order chi connectivity index (χ1) is 10.1. The summed E-state index contributed by atoms with van der Waals surface area (Å²) in [5.41, 5.74) is 8.03. The molecular formula is C15H15N3O3. The maximum atomic E-state index is 10.7. The van der Waals surface area contributed by atoms with Crippen molar-refractivity contribution in [3.63, 3.8) is 0 Å². The first-order valence-corrected chi connectivity index (χ1v) is 6.67. The summed E-state index contributed by atoms with van der Waals surface area (Å²) in [6.45, 7) is 0.627. The van der Waals surface area contributed by atoms with Crippen LogP contribution in [0.15, 0.2) is 42.5 Å². The molecule has 1 aliphatic rings. The van der Waals surface area contributed by atoms with Crippen molar-refractivity contribution in [1.82, 2.24) is 0 Å². The molecule has 0 saturated heterocycles. The molecule has 6 heteroatoms. The van der Waals surface area contributed by atoms with Gasteiger partial charge in [0.05, 0.1) is 28.9 Å². The number of nitrogens with two attached hydrogens (primary N) is 1. The SMILES string of the molecule is Nc1cc([N+](=O)[O-])ccc1NC1CCOc2ccccc21. The molecule has 0 amide bonds. The van der Waals surface area contributed by atoms with Crippen LogP contribution >= 0.6 is 0 Å². The molecule has 0 saturated carbocycles. The van der Waals surface area contributed by atoms with Crippen LogP contribution in [-0.2, 0) is 0 Å². The van der Waals surface area contributed by atoms with E-state index in [0.29, 0.717) is 18.0 Å². The summed E-state index contributed by atoms with van der Waals surface area (Å²) in [5, 5.41) is 14.1. The largest absolute Gasteiger partial charge is 0.493 e. The monoisotopic (exact) mass is 285 g/mol. The normalized spacial score (nSPS) is 16.7. The number of benzene rings is 2. The first kappa shape index (κ1) is 13.2. The predicted molar refractivity (Wildman–Crippen MR) is 80.4 cm³/mol. The molecule has 0 aliphatic carbocycles. The Labute approximate surface area is 121 Å². The zero-order valence-corrected chi connectivity index (χ0v) is 11.3. The fourth-order valence-corrected chi connectivity index (χ4v) is 2.47. The zero-order chi connectivity index (χ0) is 14.8. The van der Waals surface area contributed by atoms with E-state index in [1.807, 2.05) is 24.3 Å². The fourth-order valence-electron chi connectivity index (χ4n) is 2.47. The van der Waals surface area contributed by atoms with Gasteiger partial charge in [-0.2, -0.15) is 0 Å². The van der Waals surface area contributed by atoms with Gasteiger partial charge in [-0.3, -0.25) is 10.1 Å². The Morgan fingerprint density at radius 3 is 2.86 bits per heavy atom. The number of non-ortho nitro benzene ring substituents is 1. The van der Waals surface area contributed by atoms with Crippen LogP contribution in [0.5, 0.6) is 5.75 Å². The summed E-state index contributed by atoms with van der Waals surface area (Å²) in [5.74, 6) is 0.863. The van der Waals surface area contributed by atoms with Crippen molar-refractivity contribution in [2.75, 3.05) is 17.7 Å². The third-order valence-corrected chi connectivity index (χ3v) is 3.53. The average molecular weight is 285 g/mol. The lowest BCUT2D eigenvalue weighted by molar-refractivity contribution is -0.384. The highest BCUT2D eigenvalue weighted by Crippen LogP contribution is 2.35. The summed E-state index contributed by atoms with van der Waals surface area (Å²) in [7, 11) is 0. The van der Waals surface area contributed by atoms with Gasteiger partial charge in [-0.05, 0) is 12.1 Å². The van der Waals surface area contributed by atoms with E-state index >= 15 is 0 Å². The van der Waals surface area contributed by atoms with Gasteiger partial charge in [0, 0.05) is 24.1 Å². The van der Waals surface area contributed by atoms with Crippen LogP contribution < -0.4 is 15.8 Å². The van der Waals surface area contributed by atoms with Crippen molar-refractivity contribution in [3.8, 4) is 5.75 Å². The molecule has 0 spiro atoms. The van der Waals surface area contributed by atoms with Gasteiger partial charge in [-0.15, -0.1) is 0 Å². The van der Waals surface area contributed by atoms with Crippen LogP contribution in [0.3, 0.4) is 0 Å². The third-order valence-electron chi connectivity index (χ3n) is 3.53. The molecule has 0 radical (unpaired) electrons. The van der Waals surface area contributed by atoms with Crippen LogP contribution in [0.4, 0.5) is 17.1 Å². The number of nitrogen functional groups attached to an aromatic ring is 1. The number of nitro benzene ring substituents is 1. The first-order valence-electron chi connectivity index (χ1n) is 6.67. The summed E-state index contributed by atoms with van der Waals surface area (Å²) in [6.07, 6.45) is 0.813. The number of hydrogen-bond donors (Lipinski definition) is 2. The highest BCUT2D eigenvalue weighted by atomic mass is 16.6. The van der Waals surface area contributed by atoms with Crippen LogP contribution in [0, 0.1) is 10.1 Å². The van der Waals surface area contributed by atoms with E-state index in [0.717, 1.165) is 17.7 Å². The molecule has 0 fully saturated rings. The molecule has 6 nitrogen and oxygen atoms in total. The summed E-state index contributed by atoms with van der Waals surface area (Å²) in [4.78, 5) is 10.3. The number of para-hydroxylation sites is 1. The second-order valence-corrected chi connectivity index (χ2v) is 4.90. The average Bonchev–Trinajstić information content (AvgIpc) is 2.49. The van der Waals surface area contributed by atoms with E-state index < -0.39 is 4.92 Å². The Morgan fingerprint density at radius 2 is 2.10 bits per heavy atom. The Bertz CT molecular complexity index is 688. The summed E-state index contributed by atoms with van der Waals surface area (Å²) in [6, 6.07) is 12.4. The van der Waals surface area contributed by atoms with E-state index in [-0.39, 0.29) is 11.7 Å². The minimum Gasteiger partial charge on any atom is -0.493 e. The van der Waals surface area contributed by atoms with E-state index in [2.05, 4.69) is 5.32 Å². The molecule has 1 unspecified atom stereocenters. The van der Waals surface area contributed by atoms with Gasteiger partial charge in [0.1, 0.15) is 5.75 Å². The van der Waals surface area contributed by atoms with Crippen LogP contribution in [0.1, 0.15) is 18.0 Å². The number of nitrogens with one attached hydrogen (secondary N) is 1. The molecular weight excluding hydrogens is 270 g/mol. The number of fused-ring (bicyclic) bond motifs is 1. The molecule has 1 atom stereocenters. The quantitative estimate of drug-likeness (QED) is 0.513. The van der Waals surface area contributed by atoms with E-state index in [4.69, 9.17) is 10.5 Å². The number of ether oxygens (including phenoxy) is 1. The van der Waals surface area contributed by atoms with Gasteiger partial charge in [0.25, 0.3) is 5.69 Å². The molecule has 0 bridgehead atoms. The Balaban J connectivity index is 1.86. The standard InChI is InChI=1S/C15H15N3O3/c16-12-9-10(18(19)20)5-6-14(12)17-13-7-8-21-15-4-2-1-3-11(13)15/h1-6,9,13,17H,7-8,16H2. The Kier molecular flexibility index (Phi) is 3.35. The molecule has 1 heterocycles. The lowest BCUT2D eigenvalue weighted by atomic mass is 10.00. The van der Waals surface area contributed by atoms with Crippen LogP contribution in [0.2, 0.25) is 0 Å². The highest BCUT2D eigenvalue weighted by Gasteiger charge is 2.21. The highest BCUT2D eigenvalue weighted by molar-refractivity contribution is 5.70. The fraction of sp³-hybridized carbons (Fsp3) is 0.200. The number of rotatable bonds is 3. The van der Waals surface area contributed by atoms with Crippen molar-refractivity contribution in [2.24, 2.45) is 0 Å². The van der Waals surface area contributed by atoms with E-state index in [1.54, 1.807) is 6.07 Å².